The molecule has 1 aliphatic heterocycles. The van der Waals surface area contributed by atoms with Gasteiger partial charge < -0.3 is 9.80 Å². The van der Waals surface area contributed by atoms with Gasteiger partial charge in [0.25, 0.3) is 5.91 Å². The van der Waals surface area contributed by atoms with Crippen molar-refractivity contribution >= 4 is 17.5 Å². The molecule has 0 N–H and O–H groups in total. The highest BCUT2D eigenvalue weighted by Crippen LogP contribution is 2.24. The number of halogens is 2. The third kappa shape index (κ3) is 4.15. The molecule has 4 nitrogen and oxygen atoms in total. The average Bonchev–Trinajstić information content (AvgIpc) is 2.71. The van der Waals surface area contributed by atoms with Crippen molar-refractivity contribution in [2.24, 2.45) is 5.92 Å². The van der Waals surface area contributed by atoms with Gasteiger partial charge in [-0.2, -0.15) is 0 Å². The molecule has 1 heterocycles. The van der Waals surface area contributed by atoms with Crippen LogP contribution in [-0.4, -0.2) is 36.3 Å². The molecule has 0 aliphatic carbocycles. The highest BCUT2D eigenvalue weighted by molar-refractivity contribution is 5.96. The summed E-state index contributed by atoms with van der Waals surface area (Å²) in [5.74, 6) is -2.44. The van der Waals surface area contributed by atoms with Crippen LogP contribution >= 0.6 is 0 Å². The lowest BCUT2D eigenvalue weighted by Gasteiger charge is -2.34. The average molecular weight is 372 g/mol. The summed E-state index contributed by atoms with van der Waals surface area (Å²) >= 11 is 0. The molecule has 0 unspecified atom stereocenters. The van der Waals surface area contributed by atoms with Crippen molar-refractivity contribution in [1.29, 1.82) is 0 Å². The van der Waals surface area contributed by atoms with Gasteiger partial charge in [-0.3, -0.25) is 9.59 Å². The molecular weight excluding hydrogens is 350 g/mol. The van der Waals surface area contributed by atoms with Gasteiger partial charge in [-0.15, -0.1) is 0 Å². The first kappa shape index (κ1) is 19.0. The molecule has 1 fully saturated rings. The van der Waals surface area contributed by atoms with Crippen LogP contribution in [0.1, 0.15) is 30.1 Å². The molecule has 3 rings (SSSR count). The summed E-state index contributed by atoms with van der Waals surface area (Å²) in [6, 6.07) is 12.7. The highest BCUT2D eigenvalue weighted by Gasteiger charge is 2.30. The lowest BCUT2D eigenvalue weighted by molar-refractivity contribution is -0.123. The maximum absolute atomic E-state index is 13.4. The highest BCUT2D eigenvalue weighted by atomic mass is 19.2. The molecule has 142 valence electrons. The van der Waals surface area contributed by atoms with Crippen molar-refractivity contribution in [3.63, 3.8) is 0 Å². The van der Waals surface area contributed by atoms with Gasteiger partial charge in [0.1, 0.15) is 0 Å². The van der Waals surface area contributed by atoms with E-state index in [2.05, 4.69) is 0 Å². The predicted octanol–water partition coefficient (Wildman–Crippen LogP) is 3.87. The number of carbonyl (C=O) groups excluding carboxylic acids is 2. The molecule has 2 aromatic rings. The van der Waals surface area contributed by atoms with Gasteiger partial charge in [0.05, 0.1) is 0 Å². The first-order chi connectivity index (χ1) is 13.0. The molecule has 27 heavy (non-hydrogen) atoms. The zero-order valence-electron chi connectivity index (χ0n) is 15.2. The summed E-state index contributed by atoms with van der Waals surface area (Å²) in [4.78, 5) is 28.7. The van der Waals surface area contributed by atoms with Crippen LogP contribution in [0.2, 0.25) is 0 Å². The number of anilines is 1. The summed E-state index contributed by atoms with van der Waals surface area (Å²) in [7, 11) is 0. The fourth-order valence-corrected chi connectivity index (χ4v) is 3.44. The summed E-state index contributed by atoms with van der Waals surface area (Å²) < 4.78 is 26.4. The molecular formula is C21H22F2N2O2. The molecule has 0 saturated carbocycles. The van der Waals surface area contributed by atoms with Gasteiger partial charge in [0, 0.05) is 36.8 Å². The Morgan fingerprint density at radius 3 is 2.30 bits per heavy atom. The van der Waals surface area contributed by atoms with Gasteiger partial charge in [-0.25, -0.2) is 8.78 Å². The first-order valence-corrected chi connectivity index (χ1v) is 9.12. The van der Waals surface area contributed by atoms with Crippen LogP contribution in [0.3, 0.4) is 0 Å². The fraction of sp³-hybridized carbons (Fsp3) is 0.333. The van der Waals surface area contributed by atoms with Crippen LogP contribution < -0.4 is 4.90 Å². The third-order valence-electron chi connectivity index (χ3n) is 4.95. The van der Waals surface area contributed by atoms with Crippen molar-refractivity contribution in [3.8, 4) is 0 Å². The van der Waals surface area contributed by atoms with E-state index in [1.165, 1.54) is 6.07 Å². The van der Waals surface area contributed by atoms with Gasteiger partial charge in [0.15, 0.2) is 11.6 Å². The van der Waals surface area contributed by atoms with E-state index in [1.54, 1.807) is 9.80 Å². The quantitative estimate of drug-likeness (QED) is 0.817. The largest absolute Gasteiger partial charge is 0.339 e. The summed E-state index contributed by atoms with van der Waals surface area (Å²) in [6.07, 6.45) is 1.11. The molecule has 0 atom stereocenters. The molecule has 1 aliphatic rings. The second-order valence-corrected chi connectivity index (χ2v) is 6.61. The Kier molecular flexibility index (Phi) is 5.84. The molecule has 0 radical (unpaired) electrons. The van der Waals surface area contributed by atoms with E-state index in [4.69, 9.17) is 0 Å². The van der Waals surface area contributed by atoms with Crippen LogP contribution in [-0.2, 0) is 4.79 Å². The van der Waals surface area contributed by atoms with Crippen LogP contribution in [0.15, 0.2) is 48.5 Å². The number of benzene rings is 2. The van der Waals surface area contributed by atoms with Gasteiger partial charge in [0.2, 0.25) is 5.91 Å². The number of rotatable bonds is 4. The maximum Gasteiger partial charge on any atom is 0.253 e. The number of piperidine rings is 1. The summed E-state index contributed by atoms with van der Waals surface area (Å²) in [6.45, 7) is 3.35. The van der Waals surface area contributed by atoms with Crippen LogP contribution in [0, 0.1) is 17.6 Å². The normalized spacial score (nSPS) is 14.9. The SMILES string of the molecule is CCN(C(=O)C1CCN(C(=O)c2ccc(F)c(F)c2)CC1)c1ccccc1. The van der Waals surface area contributed by atoms with E-state index in [0.29, 0.717) is 32.5 Å². The Morgan fingerprint density at radius 2 is 1.70 bits per heavy atom. The number of hydrogen-bond acceptors (Lipinski definition) is 2. The number of para-hydroxylation sites is 1. The molecule has 0 aromatic heterocycles. The summed E-state index contributed by atoms with van der Waals surface area (Å²) in [5.41, 5.74) is 0.989. The van der Waals surface area contributed by atoms with E-state index in [-0.39, 0.29) is 23.3 Å². The number of likely N-dealkylation sites (tertiary alicyclic amines) is 1. The molecule has 2 amide bonds. The van der Waals surface area contributed by atoms with Crippen LogP contribution in [0.25, 0.3) is 0 Å². The Balaban J connectivity index is 1.63. The lowest BCUT2D eigenvalue weighted by Crippen LogP contribution is -2.44. The van der Waals surface area contributed by atoms with Crippen molar-refractivity contribution in [1.82, 2.24) is 4.90 Å². The zero-order chi connectivity index (χ0) is 19.4. The van der Waals surface area contributed by atoms with E-state index < -0.39 is 11.6 Å². The minimum atomic E-state index is -1.03. The van der Waals surface area contributed by atoms with Crippen molar-refractivity contribution in [2.75, 3.05) is 24.5 Å². The Hall–Kier alpha value is -2.76. The Labute approximate surface area is 157 Å². The molecule has 0 spiro atoms. The van der Waals surface area contributed by atoms with E-state index >= 15 is 0 Å². The number of hydrogen-bond donors (Lipinski definition) is 0. The Morgan fingerprint density at radius 1 is 1.04 bits per heavy atom. The standard InChI is InChI=1S/C21H22F2N2O2/c1-2-25(17-6-4-3-5-7-17)21(27)15-10-12-24(13-11-15)20(26)16-8-9-18(22)19(23)14-16/h3-9,14-15H,2,10-13H2,1H3. The smallest absolute Gasteiger partial charge is 0.253 e. The topological polar surface area (TPSA) is 40.6 Å². The third-order valence-corrected chi connectivity index (χ3v) is 4.95. The number of carbonyl (C=O) groups is 2. The summed E-state index contributed by atoms with van der Waals surface area (Å²) in [5, 5.41) is 0. The molecule has 2 aromatic carbocycles. The van der Waals surface area contributed by atoms with E-state index in [9.17, 15) is 18.4 Å². The maximum atomic E-state index is 13.4. The van der Waals surface area contributed by atoms with Crippen LogP contribution in [0.4, 0.5) is 14.5 Å². The van der Waals surface area contributed by atoms with Gasteiger partial charge in [-0.1, -0.05) is 18.2 Å². The minimum absolute atomic E-state index is 0.0589. The molecule has 1 saturated heterocycles. The number of amides is 2. The van der Waals surface area contributed by atoms with Crippen LogP contribution in [0.5, 0.6) is 0 Å². The van der Waals surface area contributed by atoms with Crippen molar-refractivity contribution < 1.29 is 18.4 Å². The zero-order valence-corrected chi connectivity index (χ0v) is 15.2. The minimum Gasteiger partial charge on any atom is -0.339 e. The second kappa shape index (κ2) is 8.29. The molecule has 6 heteroatoms. The van der Waals surface area contributed by atoms with Gasteiger partial charge >= 0.3 is 0 Å². The molecule has 0 bridgehead atoms. The van der Waals surface area contributed by atoms with Gasteiger partial charge in [-0.05, 0) is 50.1 Å². The number of nitrogens with zero attached hydrogens (tertiary/aromatic N) is 2. The van der Waals surface area contributed by atoms with E-state index in [1.807, 2.05) is 37.3 Å². The van der Waals surface area contributed by atoms with E-state index in [0.717, 1.165) is 17.8 Å². The van der Waals surface area contributed by atoms with Crippen molar-refractivity contribution in [2.45, 2.75) is 19.8 Å². The Bertz CT molecular complexity index is 818. The monoisotopic (exact) mass is 372 g/mol. The predicted molar refractivity (Wildman–Crippen MR) is 99.5 cm³/mol. The fourth-order valence-electron chi connectivity index (χ4n) is 3.44. The second-order valence-electron chi connectivity index (χ2n) is 6.61. The van der Waals surface area contributed by atoms with Crippen molar-refractivity contribution in [3.05, 3.63) is 65.7 Å². The first-order valence-electron chi connectivity index (χ1n) is 9.12. The lowest BCUT2D eigenvalue weighted by atomic mass is 9.94.